The average molecular weight is 269 g/mol. The first-order chi connectivity index (χ1) is 9.30. The molecule has 1 heterocycles. The summed E-state index contributed by atoms with van der Waals surface area (Å²) < 4.78 is 12.1. The van der Waals surface area contributed by atoms with E-state index in [-0.39, 0.29) is 23.9 Å². The fraction of sp³-hybridized carbons (Fsp3) is 0.562. The molecule has 4 heteroatoms. The van der Waals surface area contributed by atoms with Crippen LogP contribution >= 0.6 is 0 Å². The van der Waals surface area contributed by atoms with Crippen molar-refractivity contribution in [2.24, 2.45) is 0 Å². The minimum absolute atomic E-state index is 0.242. The second kappa shape index (κ2) is 4.10. The number of hydrogen-bond acceptors (Lipinski definition) is 2. The predicted octanol–water partition coefficient (Wildman–Crippen LogP) is 2.89. The molecular formula is C16H20BNO2. The molecule has 1 aromatic rings. The van der Waals surface area contributed by atoms with Gasteiger partial charge >= 0.3 is 7.12 Å². The lowest BCUT2D eigenvalue weighted by Crippen LogP contribution is -2.41. The van der Waals surface area contributed by atoms with Gasteiger partial charge in [-0.15, -0.1) is 0 Å². The predicted molar refractivity (Wildman–Crippen MR) is 79.7 cm³/mol. The fourth-order valence-electron chi connectivity index (χ4n) is 2.51. The van der Waals surface area contributed by atoms with Crippen molar-refractivity contribution in [1.82, 2.24) is 0 Å². The zero-order valence-electron chi connectivity index (χ0n) is 12.6. The maximum atomic E-state index is 7.31. The normalized spacial score (nSPS) is 25.2. The van der Waals surface area contributed by atoms with Crippen LogP contribution in [-0.2, 0) is 14.8 Å². The highest BCUT2D eigenvalue weighted by atomic mass is 16.7. The van der Waals surface area contributed by atoms with Crippen LogP contribution in [0.2, 0.25) is 0 Å². The van der Waals surface area contributed by atoms with E-state index in [0.29, 0.717) is 0 Å². The van der Waals surface area contributed by atoms with Gasteiger partial charge in [-0.1, -0.05) is 24.3 Å². The molecule has 0 unspecified atom stereocenters. The van der Waals surface area contributed by atoms with Gasteiger partial charge in [0.15, 0.2) is 0 Å². The van der Waals surface area contributed by atoms with Crippen LogP contribution in [0.1, 0.15) is 46.1 Å². The van der Waals surface area contributed by atoms with E-state index in [1.807, 2.05) is 24.3 Å². The first-order valence-electron chi connectivity index (χ1n) is 7.14. The molecule has 1 saturated carbocycles. The van der Waals surface area contributed by atoms with Crippen molar-refractivity contribution in [3.63, 3.8) is 0 Å². The van der Waals surface area contributed by atoms with Gasteiger partial charge in [-0.25, -0.2) is 6.57 Å². The SMILES string of the molecule is [C-]#[N+]C1(c2ccc(B3OC(C)(C)C(C)(C)O3)cc2)CC1. The highest BCUT2D eigenvalue weighted by Gasteiger charge is 2.53. The third-order valence-electron chi connectivity index (χ3n) is 4.91. The monoisotopic (exact) mass is 269 g/mol. The quantitative estimate of drug-likeness (QED) is 0.608. The highest BCUT2D eigenvalue weighted by Crippen LogP contribution is 2.49. The van der Waals surface area contributed by atoms with E-state index in [1.165, 1.54) is 0 Å². The summed E-state index contributed by atoms with van der Waals surface area (Å²) in [5.74, 6) is 0. The van der Waals surface area contributed by atoms with Crippen molar-refractivity contribution in [3.05, 3.63) is 41.2 Å². The lowest BCUT2D eigenvalue weighted by Gasteiger charge is -2.32. The van der Waals surface area contributed by atoms with Gasteiger partial charge in [0.2, 0.25) is 0 Å². The molecule has 0 radical (unpaired) electrons. The molecule has 0 spiro atoms. The summed E-state index contributed by atoms with van der Waals surface area (Å²) in [7, 11) is -0.322. The molecule has 1 aromatic carbocycles. The Morgan fingerprint density at radius 3 is 1.90 bits per heavy atom. The third kappa shape index (κ3) is 1.97. The fourth-order valence-corrected chi connectivity index (χ4v) is 2.51. The molecule has 0 amide bonds. The molecular weight excluding hydrogens is 249 g/mol. The third-order valence-corrected chi connectivity index (χ3v) is 4.91. The maximum Gasteiger partial charge on any atom is 0.494 e. The van der Waals surface area contributed by atoms with Gasteiger partial charge in [0, 0.05) is 18.4 Å². The van der Waals surface area contributed by atoms with Crippen LogP contribution in [-0.4, -0.2) is 18.3 Å². The highest BCUT2D eigenvalue weighted by molar-refractivity contribution is 6.62. The van der Waals surface area contributed by atoms with Gasteiger partial charge in [0.25, 0.3) is 5.54 Å². The number of benzene rings is 1. The van der Waals surface area contributed by atoms with Gasteiger partial charge in [0.05, 0.1) is 11.2 Å². The summed E-state index contributed by atoms with van der Waals surface area (Å²) >= 11 is 0. The largest absolute Gasteiger partial charge is 0.494 e. The van der Waals surface area contributed by atoms with E-state index in [4.69, 9.17) is 15.9 Å². The van der Waals surface area contributed by atoms with Crippen molar-refractivity contribution in [3.8, 4) is 0 Å². The molecule has 1 aliphatic heterocycles. The molecule has 3 rings (SSSR count). The zero-order valence-corrected chi connectivity index (χ0v) is 12.6. The Hall–Kier alpha value is -1.31. The van der Waals surface area contributed by atoms with Gasteiger partial charge in [-0.3, -0.25) is 0 Å². The van der Waals surface area contributed by atoms with Crippen molar-refractivity contribution >= 4 is 12.6 Å². The Morgan fingerprint density at radius 2 is 1.50 bits per heavy atom. The van der Waals surface area contributed by atoms with E-state index >= 15 is 0 Å². The van der Waals surface area contributed by atoms with Gasteiger partial charge in [-0.2, -0.15) is 0 Å². The van der Waals surface area contributed by atoms with Gasteiger partial charge < -0.3 is 14.2 Å². The van der Waals surface area contributed by atoms with Crippen molar-refractivity contribution in [2.75, 3.05) is 0 Å². The van der Waals surface area contributed by atoms with Crippen LogP contribution in [0.25, 0.3) is 4.85 Å². The number of hydrogen-bond donors (Lipinski definition) is 0. The first kappa shape index (κ1) is 13.7. The van der Waals surface area contributed by atoms with Crippen LogP contribution in [0, 0.1) is 6.57 Å². The zero-order chi connectivity index (χ0) is 14.6. The molecule has 3 nitrogen and oxygen atoms in total. The van der Waals surface area contributed by atoms with E-state index in [2.05, 4.69) is 32.5 Å². The molecule has 0 bridgehead atoms. The number of nitrogens with zero attached hydrogens (tertiary/aromatic N) is 1. The van der Waals surface area contributed by atoms with Crippen LogP contribution in [0.5, 0.6) is 0 Å². The van der Waals surface area contributed by atoms with E-state index in [9.17, 15) is 0 Å². The molecule has 0 N–H and O–H groups in total. The van der Waals surface area contributed by atoms with Crippen LogP contribution in [0.15, 0.2) is 24.3 Å². The second-order valence-electron chi connectivity index (χ2n) is 6.85. The lowest BCUT2D eigenvalue weighted by molar-refractivity contribution is 0.00578. The minimum atomic E-state index is -0.322. The second-order valence-corrected chi connectivity index (χ2v) is 6.85. The average Bonchev–Trinajstić information content (AvgIpc) is 3.14. The molecule has 2 aliphatic rings. The Morgan fingerprint density at radius 1 is 1.00 bits per heavy atom. The lowest BCUT2D eigenvalue weighted by atomic mass is 9.78. The Kier molecular flexibility index (Phi) is 2.80. The van der Waals surface area contributed by atoms with Crippen LogP contribution < -0.4 is 5.46 Å². The van der Waals surface area contributed by atoms with E-state index in [0.717, 1.165) is 23.9 Å². The smallest absolute Gasteiger partial charge is 0.399 e. The molecule has 20 heavy (non-hydrogen) atoms. The van der Waals surface area contributed by atoms with Crippen molar-refractivity contribution in [2.45, 2.75) is 57.3 Å². The van der Waals surface area contributed by atoms with Gasteiger partial charge in [-0.05, 0) is 33.2 Å². The summed E-state index contributed by atoms with van der Waals surface area (Å²) in [6.45, 7) is 15.5. The Balaban J connectivity index is 1.82. The Bertz CT molecular complexity index is 551. The van der Waals surface area contributed by atoms with Crippen LogP contribution in [0.3, 0.4) is 0 Å². The molecule has 104 valence electrons. The molecule has 1 aliphatic carbocycles. The summed E-state index contributed by atoms with van der Waals surface area (Å²) in [4.78, 5) is 3.76. The number of rotatable bonds is 2. The molecule has 2 fully saturated rings. The standard InChI is InChI=1S/C16H20BNO2/c1-14(2)15(3,4)20-17(19-14)13-8-6-12(7-9-13)16(18-5)10-11-16/h6-9H,10-11H2,1-4H3. The molecule has 1 saturated heterocycles. The first-order valence-corrected chi connectivity index (χ1v) is 7.14. The minimum Gasteiger partial charge on any atom is -0.399 e. The van der Waals surface area contributed by atoms with Crippen LogP contribution in [0.4, 0.5) is 0 Å². The summed E-state index contributed by atoms with van der Waals surface area (Å²) in [6, 6.07) is 8.16. The van der Waals surface area contributed by atoms with E-state index < -0.39 is 0 Å². The maximum absolute atomic E-state index is 7.31. The summed E-state index contributed by atoms with van der Waals surface area (Å²) in [5, 5.41) is 0. The summed E-state index contributed by atoms with van der Waals surface area (Å²) in [6.07, 6.45) is 1.96. The van der Waals surface area contributed by atoms with Gasteiger partial charge in [0.1, 0.15) is 0 Å². The van der Waals surface area contributed by atoms with E-state index in [1.54, 1.807) is 0 Å². The topological polar surface area (TPSA) is 22.8 Å². The van der Waals surface area contributed by atoms with Crippen molar-refractivity contribution < 1.29 is 9.31 Å². The van der Waals surface area contributed by atoms with Crippen molar-refractivity contribution in [1.29, 1.82) is 0 Å². The molecule has 0 atom stereocenters. The molecule has 0 aromatic heterocycles. The summed E-state index contributed by atoms with van der Waals surface area (Å²) in [5.41, 5.74) is 1.27. The Labute approximate surface area is 121 Å².